The monoisotopic (exact) mass is 493 g/mol. The van der Waals surface area contributed by atoms with Crippen LogP contribution in [0.25, 0.3) is 10.6 Å². The van der Waals surface area contributed by atoms with Crippen molar-refractivity contribution in [2.24, 2.45) is 5.41 Å². The number of nitrogens with zero attached hydrogens (tertiary/aromatic N) is 6. The molecule has 10 heteroatoms. The number of anilines is 2. The molecule has 35 heavy (non-hydrogen) atoms. The van der Waals surface area contributed by atoms with Crippen LogP contribution in [0, 0.1) is 5.41 Å². The molecule has 1 spiro atoms. The number of hydrogen-bond donors (Lipinski definition) is 1. The summed E-state index contributed by atoms with van der Waals surface area (Å²) in [7, 11) is 0. The van der Waals surface area contributed by atoms with Gasteiger partial charge in [0.25, 0.3) is 0 Å². The lowest BCUT2D eigenvalue weighted by molar-refractivity contribution is -0.140. The largest absolute Gasteiger partial charge is 0.460 e. The Labute approximate surface area is 209 Å². The van der Waals surface area contributed by atoms with Gasteiger partial charge in [0, 0.05) is 48.4 Å². The van der Waals surface area contributed by atoms with Crippen molar-refractivity contribution < 1.29 is 9.47 Å². The van der Waals surface area contributed by atoms with Crippen molar-refractivity contribution in [2.45, 2.75) is 64.1 Å². The minimum atomic E-state index is 0.170. The molecule has 3 aromatic heterocycles. The lowest BCUT2D eigenvalue weighted by Crippen LogP contribution is -2.46. The van der Waals surface area contributed by atoms with E-state index < -0.39 is 0 Å². The van der Waals surface area contributed by atoms with Gasteiger partial charge in [-0.05, 0) is 58.1 Å². The van der Waals surface area contributed by atoms with Crippen LogP contribution in [0.4, 0.5) is 11.1 Å². The second-order valence-electron chi connectivity index (χ2n) is 10.1. The summed E-state index contributed by atoms with van der Waals surface area (Å²) in [5.41, 5.74) is 2.34. The molecule has 6 rings (SSSR count). The van der Waals surface area contributed by atoms with Crippen molar-refractivity contribution in [1.29, 1.82) is 0 Å². The van der Waals surface area contributed by atoms with Gasteiger partial charge in [0.1, 0.15) is 6.10 Å². The van der Waals surface area contributed by atoms with E-state index in [0.717, 1.165) is 73.3 Å². The maximum absolute atomic E-state index is 6.13. The quantitative estimate of drug-likeness (QED) is 0.511. The number of likely N-dealkylation sites (tertiary alicyclic amines) is 1. The second-order valence-corrected chi connectivity index (χ2v) is 11.1. The Hall–Kier alpha value is -2.69. The fourth-order valence-electron chi connectivity index (χ4n) is 5.19. The summed E-state index contributed by atoms with van der Waals surface area (Å²) in [6.45, 7) is 6.14. The molecule has 9 nitrogen and oxygen atoms in total. The Morgan fingerprint density at radius 3 is 2.66 bits per heavy atom. The normalized spacial score (nSPS) is 22.3. The molecule has 184 valence electrons. The Morgan fingerprint density at radius 1 is 1.11 bits per heavy atom. The first-order valence-corrected chi connectivity index (χ1v) is 13.3. The molecule has 1 atom stereocenters. The SMILES string of the molecule is C[C@@H]1CCCN1Cc1cnc(Nc2ncc(-c3ccnc(OC4CCC5(CC4)COC5)n3)s2)nc1. The van der Waals surface area contributed by atoms with Crippen molar-refractivity contribution in [1.82, 2.24) is 29.8 Å². The number of ether oxygens (including phenoxy) is 2. The van der Waals surface area contributed by atoms with E-state index >= 15 is 0 Å². The van der Waals surface area contributed by atoms with Gasteiger partial charge in [-0.2, -0.15) is 4.98 Å². The number of thiazole rings is 1. The predicted octanol–water partition coefficient (Wildman–Crippen LogP) is 4.46. The summed E-state index contributed by atoms with van der Waals surface area (Å²) >= 11 is 1.51. The van der Waals surface area contributed by atoms with Crippen molar-refractivity contribution in [3.05, 3.63) is 36.4 Å². The van der Waals surface area contributed by atoms with Crippen LogP contribution in [0.3, 0.4) is 0 Å². The number of hydrogen-bond acceptors (Lipinski definition) is 10. The van der Waals surface area contributed by atoms with E-state index in [0.29, 0.717) is 23.4 Å². The van der Waals surface area contributed by atoms with Crippen LogP contribution in [0.1, 0.15) is 51.0 Å². The maximum atomic E-state index is 6.13. The highest BCUT2D eigenvalue weighted by Crippen LogP contribution is 2.43. The smallest absolute Gasteiger partial charge is 0.317 e. The van der Waals surface area contributed by atoms with Crippen molar-refractivity contribution in [2.75, 3.05) is 25.1 Å². The van der Waals surface area contributed by atoms with E-state index in [2.05, 4.69) is 42.1 Å². The molecule has 3 aliphatic rings. The molecular weight excluding hydrogens is 462 g/mol. The lowest BCUT2D eigenvalue weighted by Gasteiger charge is -2.45. The summed E-state index contributed by atoms with van der Waals surface area (Å²) in [5.74, 6) is 0.544. The van der Waals surface area contributed by atoms with E-state index in [1.165, 1.54) is 24.2 Å². The van der Waals surface area contributed by atoms with Crippen LogP contribution < -0.4 is 10.1 Å². The topological polar surface area (TPSA) is 98.2 Å². The number of rotatable bonds is 7. The molecule has 2 aliphatic heterocycles. The molecule has 2 saturated heterocycles. The first-order valence-electron chi connectivity index (χ1n) is 12.5. The van der Waals surface area contributed by atoms with Crippen LogP contribution >= 0.6 is 11.3 Å². The fraction of sp³-hybridized carbons (Fsp3) is 0.560. The highest BCUT2D eigenvalue weighted by Gasteiger charge is 2.42. The van der Waals surface area contributed by atoms with Gasteiger partial charge < -0.3 is 14.8 Å². The molecule has 0 aromatic carbocycles. The molecule has 1 aliphatic carbocycles. The van der Waals surface area contributed by atoms with Crippen molar-refractivity contribution in [3.8, 4) is 16.6 Å². The lowest BCUT2D eigenvalue weighted by atomic mass is 9.72. The molecule has 1 N–H and O–H groups in total. The summed E-state index contributed by atoms with van der Waals surface area (Å²) in [6, 6.07) is 2.95. The summed E-state index contributed by atoms with van der Waals surface area (Å²) in [5, 5.41) is 3.93. The van der Waals surface area contributed by atoms with Crippen LogP contribution in [-0.4, -0.2) is 61.7 Å². The van der Waals surface area contributed by atoms with Gasteiger partial charge in [0.05, 0.1) is 23.8 Å². The molecule has 0 amide bonds. The zero-order valence-electron chi connectivity index (χ0n) is 20.0. The Morgan fingerprint density at radius 2 is 1.94 bits per heavy atom. The zero-order valence-corrected chi connectivity index (χ0v) is 20.8. The highest BCUT2D eigenvalue weighted by molar-refractivity contribution is 7.18. The van der Waals surface area contributed by atoms with Crippen LogP contribution in [0.15, 0.2) is 30.9 Å². The first kappa shape index (κ1) is 22.8. The first-order chi connectivity index (χ1) is 17.1. The third kappa shape index (κ3) is 5.14. The van der Waals surface area contributed by atoms with E-state index in [-0.39, 0.29) is 6.10 Å². The van der Waals surface area contributed by atoms with Crippen molar-refractivity contribution >= 4 is 22.4 Å². The van der Waals surface area contributed by atoms with E-state index in [4.69, 9.17) is 9.47 Å². The minimum absolute atomic E-state index is 0.170. The maximum Gasteiger partial charge on any atom is 0.317 e. The molecule has 5 heterocycles. The second kappa shape index (κ2) is 9.75. The van der Waals surface area contributed by atoms with Gasteiger partial charge in [0.2, 0.25) is 5.95 Å². The Bertz CT molecular complexity index is 1140. The predicted molar refractivity (Wildman–Crippen MR) is 134 cm³/mol. The van der Waals surface area contributed by atoms with Gasteiger partial charge >= 0.3 is 6.01 Å². The Kier molecular flexibility index (Phi) is 6.34. The van der Waals surface area contributed by atoms with Crippen LogP contribution in [0.5, 0.6) is 6.01 Å². The minimum Gasteiger partial charge on any atom is -0.460 e. The number of aromatic nitrogens is 5. The van der Waals surface area contributed by atoms with E-state index in [1.54, 1.807) is 6.20 Å². The van der Waals surface area contributed by atoms with Gasteiger partial charge in [-0.25, -0.2) is 19.9 Å². The molecule has 3 fully saturated rings. The summed E-state index contributed by atoms with van der Waals surface area (Å²) in [4.78, 5) is 25.9. The Balaban J connectivity index is 1.06. The molecule has 3 aromatic rings. The molecule has 1 saturated carbocycles. The summed E-state index contributed by atoms with van der Waals surface area (Å²) in [6.07, 6.45) is 14.4. The molecular formula is C25H31N7O2S. The average Bonchev–Trinajstić information content (AvgIpc) is 3.49. The molecule has 0 bridgehead atoms. The molecule has 0 unspecified atom stereocenters. The van der Waals surface area contributed by atoms with Crippen molar-refractivity contribution in [3.63, 3.8) is 0 Å². The van der Waals surface area contributed by atoms with Gasteiger partial charge in [-0.1, -0.05) is 11.3 Å². The fourth-order valence-corrected chi connectivity index (χ4v) is 5.97. The van der Waals surface area contributed by atoms with Gasteiger partial charge in [-0.15, -0.1) is 0 Å². The third-order valence-electron chi connectivity index (χ3n) is 7.47. The van der Waals surface area contributed by atoms with Crippen LogP contribution in [0.2, 0.25) is 0 Å². The number of nitrogens with one attached hydrogen (secondary N) is 1. The zero-order chi connectivity index (χ0) is 23.7. The third-order valence-corrected chi connectivity index (χ3v) is 8.41. The van der Waals surface area contributed by atoms with Crippen LogP contribution in [-0.2, 0) is 11.3 Å². The average molecular weight is 494 g/mol. The van der Waals surface area contributed by atoms with Gasteiger partial charge in [0.15, 0.2) is 5.13 Å². The van der Waals surface area contributed by atoms with E-state index in [1.807, 2.05) is 24.7 Å². The van der Waals surface area contributed by atoms with E-state index in [9.17, 15) is 0 Å². The standard InChI is InChI=1S/C25H31N7O2S/c1-17-3-2-10-32(17)14-18-11-27-22(28-12-18)31-24-29-13-21(35-24)20-6-9-26-23(30-20)34-19-4-7-25(8-5-19)15-33-16-25/h6,9,11-13,17,19H,2-5,7-8,10,14-16H2,1H3,(H,27,28,29,31)/t17-/m1/s1. The highest BCUT2D eigenvalue weighted by atomic mass is 32.1. The van der Waals surface area contributed by atoms with Gasteiger partial charge in [-0.3, -0.25) is 4.90 Å². The molecule has 0 radical (unpaired) electrons. The summed E-state index contributed by atoms with van der Waals surface area (Å²) < 4.78 is 11.6.